The summed E-state index contributed by atoms with van der Waals surface area (Å²) in [5.74, 6) is 6.07. The largest absolute Gasteiger partial charge is 0.467 e. The topological polar surface area (TPSA) is 51.2 Å². The minimum Gasteiger partial charge on any atom is -0.467 e. The molecule has 1 atom stereocenters. The normalized spacial score (nSPS) is 12.7. The van der Waals surface area contributed by atoms with Crippen molar-refractivity contribution < 1.29 is 8.81 Å². The van der Waals surface area contributed by atoms with Gasteiger partial charge in [-0.15, -0.1) is 0 Å². The lowest BCUT2D eigenvalue weighted by Crippen LogP contribution is -2.29. The van der Waals surface area contributed by atoms with E-state index in [0.29, 0.717) is 0 Å². The van der Waals surface area contributed by atoms with Crippen LogP contribution in [0.4, 0.5) is 4.39 Å². The van der Waals surface area contributed by atoms with Gasteiger partial charge in [-0.2, -0.15) is 0 Å². The fraction of sp³-hybridized carbons (Fsp3) is 0.231. The van der Waals surface area contributed by atoms with E-state index in [1.807, 2.05) is 19.9 Å². The van der Waals surface area contributed by atoms with Crippen molar-refractivity contribution in [1.29, 1.82) is 0 Å². The molecule has 90 valence electrons. The van der Waals surface area contributed by atoms with E-state index in [1.165, 1.54) is 12.1 Å². The predicted octanol–water partition coefficient (Wildman–Crippen LogP) is 2.59. The highest BCUT2D eigenvalue weighted by Gasteiger charge is 2.19. The highest BCUT2D eigenvalue weighted by molar-refractivity contribution is 5.36. The van der Waals surface area contributed by atoms with Gasteiger partial charge in [0.25, 0.3) is 0 Å². The summed E-state index contributed by atoms with van der Waals surface area (Å²) in [5.41, 5.74) is 5.46. The average Bonchev–Trinajstić information content (AvgIpc) is 2.69. The quantitative estimate of drug-likeness (QED) is 0.634. The van der Waals surface area contributed by atoms with Crippen LogP contribution in [0.15, 0.2) is 34.9 Å². The van der Waals surface area contributed by atoms with Crippen LogP contribution >= 0.6 is 0 Å². The predicted molar refractivity (Wildman–Crippen MR) is 63.7 cm³/mol. The van der Waals surface area contributed by atoms with Gasteiger partial charge >= 0.3 is 0 Å². The lowest BCUT2D eigenvalue weighted by molar-refractivity contribution is 0.448. The standard InChI is InChI=1S/C13H15FN2O/c1-8-5-6-17-13(8)12(16-15)11-4-3-10(14)7-9(11)2/h3-7,12,16H,15H2,1-2H3. The van der Waals surface area contributed by atoms with Crippen LogP contribution in [0.2, 0.25) is 0 Å². The molecule has 17 heavy (non-hydrogen) atoms. The second kappa shape index (κ2) is 4.69. The van der Waals surface area contributed by atoms with Gasteiger partial charge in [0.2, 0.25) is 0 Å². The zero-order valence-corrected chi connectivity index (χ0v) is 9.83. The molecule has 0 radical (unpaired) electrons. The Labute approximate surface area is 99.4 Å². The number of aryl methyl sites for hydroxylation is 2. The third kappa shape index (κ3) is 2.23. The van der Waals surface area contributed by atoms with Gasteiger partial charge < -0.3 is 4.42 Å². The molecule has 4 heteroatoms. The molecular formula is C13H15FN2O. The zero-order chi connectivity index (χ0) is 12.4. The fourth-order valence-electron chi connectivity index (χ4n) is 1.95. The SMILES string of the molecule is Cc1cc(F)ccc1C(NN)c1occc1C. The third-order valence-electron chi connectivity index (χ3n) is 2.87. The monoisotopic (exact) mass is 234 g/mol. The summed E-state index contributed by atoms with van der Waals surface area (Å²) in [6.07, 6.45) is 1.62. The van der Waals surface area contributed by atoms with Gasteiger partial charge in [0.1, 0.15) is 17.6 Å². The summed E-state index contributed by atoms with van der Waals surface area (Å²) in [6, 6.07) is 6.24. The summed E-state index contributed by atoms with van der Waals surface area (Å²) < 4.78 is 18.5. The molecule has 1 aromatic heterocycles. The third-order valence-corrected chi connectivity index (χ3v) is 2.87. The van der Waals surface area contributed by atoms with Gasteiger partial charge in [-0.3, -0.25) is 5.84 Å². The van der Waals surface area contributed by atoms with Crippen LogP contribution in [-0.2, 0) is 0 Å². The van der Waals surface area contributed by atoms with Gasteiger partial charge in [-0.25, -0.2) is 9.82 Å². The number of halogens is 1. The number of nitrogens with one attached hydrogen (secondary N) is 1. The van der Waals surface area contributed by atoms with E-state index in [0.717, 1.165) is 22.5 Å². The zero-order valence-electron chi connectivity index (χ0n) is 9.83. The Kier molecular flexibility index (Phi) is 3.26. The summed E-state index contributed by atoms with van der Waals surface area (Å²) in [6.45, 7) is 3.79. The van der Waals surface area contributed by atoms with Crippen molar-refractivity contribution in [3.63, 3.8) is 0 Å². The highest BCUT2D eigenvalue weighted by Crippen LogP contribution is 2.27. The molecular weight excluding hydrogens is 219 g/mol. The van der Waals surface area contributed by atoms with Crippen LogP contribution in [-0.4, -0.2) is 0 Å². The number of hydrogen-bond donors (Lipinski definition) is 2. The molecule has 0 aliphatic heterocycles. The lowest BCUT2D eigenvalue weighted by atomic mass is 9.98. The van der Waals surface area contributed by atoms with E-state index in [1.54, 1.807) is 12.3 Å². The van der Waals surface area contributed by atoms with E-state index >= 15 is 0 Å². The van der Waals surface area contributed by atoms with Crippen LogP contribution in [0.3, 0.4) is 0 Å². The maximum atomic E-state index is 13.1. The lowest BCUT2D eigenvalue weighted by Gasteiger charge is -2.17. The molecule has 1 heterocycles. The second-order valence-corrected chi connectivity index (χ2v) is 4.07. The Morgan fingerprint density at radius 1 is 1.24 bits per heavy atom. The van der Waals surface area contributed by atoms with Crippen molar-refractivity contribution in [1.82, 2.24) is 5.43 Å². The minimum atomic E-state index is -0.259. The van der Waals surface area contributed by atoms with Gasteiger partial charge in [-0.05, 0) is 48.7 Å². The molecule has 0 saturated carbocycles. The molecule has 0 bridgehead atoms. The fourth-order valence-corrected chi connectivity index (χ4v) is 1.95. The number of nitrogens with two attached hydrogens (primary N) is 1. The van der Waals surface area contributed by atoms with Crippen LogP contribution < -0.4 is 11.3 Å². The van der Waals surface area contributed by atoms with Crippen LogP contribution in [0.25, 0.3) is 0 Å². The van der Waals surface area contributed by atoms with Crippen molar-refractivity contribution >= 4 is 0 Å². The number of furan rings is 1. The Morgan fingerprint density at radius 3 is 2.53 bits per heavy atom. The molecule has 1 unspecified atom stereocenters. The van der Waals surface area contributed by atoms with Gasteiger partial charge in [0.15, 0.2) is 0 Å². The van der Waals surface area contributed by atoms with Gasteiger partial charge in [0.05, 0.1) is 6.26 Å². The van der Waals surface area contributed by atoms with E-state index in [9.17, 15) is 4.39 Å². The molecule has 1 aromatic carbocycles. The summed E-state index contributed by atoms with van der Waals surface area (Å²) in [4.78, 5) is 0. The molecule has 2 aromatic rings. The molecule has 2 rings (SSSR count). The maximum absolute atomic E-state index is 13.1. The molecule has 0 spiro atoms. The van der Waals surface area contributed by atoms with Gasteiger partial charge in [0, 0.05) is 0 Å². The van der Waals surface area contributed by atoms with E-state index < -0.39 is 0 Å². The Hall–Kier alpha value is -1.65. The van der Waals surface area contributed by atoms with Crippen LogP contribution in [0, 0.1) is 19.7 Å². The van der Waals surface area contributed by atoms with Gasteiger partial charge in [-0.1, -0.05) is 6.07 Å². The second-order valence-electron chi connectivity index (χ2n) is 4.07. The van der Waals surface area contributed by atoms with E-state index in [4.69, 9.17) is 10.3 Å². The first-order valence-corrected chi connectivity index (χ1v) is 5.39. The molecule has 3 nitrogen and oxygen atoms in total. The summed E-state index contributed by atoms with van der Waals surface area (Å²) in [7, 11) is 0. The first kappa shape index (κ1) is 11.8. The number of benzene rings is 1. The van der Waals surface area contributed by atoms with E-state index in [-0.39, 0.29) is 11.9 Å². The molecule has 0 fully saturated rings. The molecule has 0 aliphatic rings. The van der Waals surface area contributed by atoms with E-state index in [2.05, 4.69) is 5.43 Å². The summed E-state index contributed by atoms with van der Waals surface area (Å²) >= 11 is 0. The number of hydrogen-bond acceptors (Lipinski definition) is 3. The molecule has 3 N–H and O–H groups in total. The van der Waals surface area contributed by atoms with Crippen molar-refractivity contribution in [2.24, 2.45) is 5.84 Å². The average molecular weight is 234 g/mol. The molecule has 0 aliphatic carbocycles. The minimum absolute atomic E-state index is 0.252. The van der Waals surface area contributed by atoms with Crippen molar-refractivity contribution in [3.05, 3.63) is 58.8 Å². The molecule has 0 saturated heterocycles. The Morgan fingerprint density at radius 2 is 2.00 bits per heavy atom. The number of hydrazine groups is 1. The smallest absolute Gasteiger partial charge is 0.129 e. The molecule has 0 amide bonds. The first-order chi connectivity index (χ1) is 8.13. The summed E-state index contributed by atoms with van der Waals surface area (Å²) in [5, 5.41) is 0. The number of rotatable bonds is 3. The van der Waals surface area contributed by atoms with Crippen molar-refractivity contribution in [2.45, 2.75) is 19.9 Å². The maximum Gasteiger partial charge on any atom is 0.129 e. The Bertz CT molecular complexity index is 522. The van der Waals surface area contributed by atoms with Crippen LogP contribution in [0.1, 0.15) is 28.5 Å². The Balaban J connectivity index is 2.46. The van der Waals surface area contributed by atoms with Crippen molar-refractivity contribution in [3.8, 4) is 0 Å². The first-order valence-electron chi connectivity index (χ1n) is 5.39. The van der Waals surface area contributed by atoms with Crippen LogP contribution in [0.5, 0.6) is 0 Å². The highest BCUT2D eigenvalue weighted by atomic mass is 19.1. The van der Waals surface area contributed by atoms with Crippen molar-refractivity contribution in [2.75, 3.05) is 0 Å².